The van der Waals surface area contributed by atoms with Crippen LogP contribution in [0.5, 0.6) is 17.2 Å². The second-order valence-corrected chi connectivity index (χ2v) is 7.42. The van der Waals surface area contributed by atoms with Gasteiger partial charge in [0.15, 0.2) is 11.5 Å². The number of hydrogen-bond donors (Lipinski definition) is 1. The molecule has 31 heavy (non-hydrogen) atoms. The molecule has 2 aromatic carbocycles. The first kappa shape index (κ1) is 22.5. The lowest BCUT2D eigenvalue weighted by Gasteiger charge is -2.29. The van der Waals surface area contributed by atoms with Gasteiger partial charge >= 0.3 is 0 Å². The molecule has 166 valence electrons. The normalized spacial score (nSPS) is 13.3. The third kappa shape index (κ3) is 5.90. The highest BCUT2D eigenvalue weighted by atomic mass is 16.6. The van der Waals surface area contributed by atoms with Crippen LogP contribution in [0.1, 0.15) is 31.4 Å². The van der Waals surface area contributed by atoms with Crippen molar-refractivity contribution >= 4 is 11.8 Å². The van der Waals surface area contributed by atoms with Crippen molar-refractivity contribution in [3.8, 4) is 17.2 Å². The van der Waals surface area contributed by atoms with Crippen molar-refractivity contribution in [1.29, 1.82) is 0 Å². The van der Waals surface area contributed by atoms with Gasteiger partial charge in [-0.3, -0.25) is 9.59 Å². The Morgan fingerprint density at radius 3 is 2.42 bits per heavy atom. The molecule has 0 aliphatic carbocycles. The van der Waals surface area contributed by atoms with Crippen LogP contribution in [0.4, 0.5) is 0 Å². The fraction of sp³-hybridized carbons (Fsp3) is 0.417. The molecular formula is C24H30N2O5. The van der Waals surface area contributed by atoms with Gasteiger partial charge in [0.1, 0.15) is 25.0 Å². The lowest BCUT2D eigenvalue weighted by Crippen LogP contribution is -2.47. The van der Waals surface area contributed by atoms with Crippen LogP contribution < -0.4 is 19.5 Å². The van der Waals surface area contributed by atoms with Gasteiger partial charge in [-0.05, 0) is 55.7 Å². The number of likely N-dealkylation sites (N-methyl/N-ethyl adjacent to an activating group) is 1. The van der Waals surface area contributed by atoms with Gasteiger partial charge < -0.3 is 24.4 Å². The molecular weight excluding hydrogens is 396 g/mol. The third-order valence-corrected chi connectivity index (χ3v) is 5.26. The van der Waals surface area contributed by atoms with Crippen LogP contribution in [0.15, 0.2) is 42.5 Å². The highest BCUT2D eigenvalue weighted by molar-refractivity contribution is 5.87. The van der Waals surface area contributed by atoms with Crippen LogP contribution in [0.25, 0.3) is 0 Å². The second kappa shape index (κ2) is 10.7. The van der Waals surface area contributed by atoms with Gasteiger partial charge in [-0.25, -0.2) is 0 Å². The first-order valence-corrected chi connectivity index (χ1v) is 10.6. The number of carbonyl (C=O) groups excluding carboxylic acids is 2. The standard InChI is InChI=1S/C24H30N2O5/c1-4-25-24(28)17(2)26(16-19-5-9-20(29-3)10-6-19)23(27)12-8-18-7-11-21-22(15-18)31-14-13-30-21/h5-7,9-11,15,17H,4,8,12-14,16H2,1-3H3,(H,25,28). The summed E-state index contributed by atoms with van der Waals surface area (Å²) < 4.78 is 16.4. The van der Waals surface area contributed by atoms with Gasteiger partial charge in [-0.1, -0.05) is 18.2 Å². The van der Waals surface area contributed by atoms with Crippen LogP contribution >= 0.6 is 0 Å². The van der Waals surface area contributed by atoms with E-state index >= 15 is 0 Å². The summed E-state index contributed by atoms with van der Waals surface area (Å²) in [5.74, 6) is 1.94. The summed E-state index contributed by atoms with van der Waals surface area (Å²) in [7, 11) is 1.61. The predicted molar refractivity (Wildman–Crippen MR) is 117 cm³/mol. The Morgan fingerprint density at radius 1 is 1.06 bits per heavy atom. The molecule has 0 saturated carbocycles. The quantitative estimate of drug-likeness (QED) is 0.667. The van der Waals surface area contributed by atoms with Gasteiger partial charge in [-0.15, -0.1) is 0 Å². The minimum atomic E-state index is -0.574. The van der Waals surface area contributed by atoms with Crippen molar-refractivity contribution in [2.75, 3.05) is 26.9 Å². The van der Waals surface area contributed by atoms with E-state index in [4.69, 9.17) is 14.2 Å². The maximum absolute atomic E-state index is 13.1. The number of nitrogens with one attached hydrogen (secondary N) is 1. The topological polar surface area (TPSA) is 77.1 Å². The van der Waals surface area contributed by atoms with E-state index in [1.54, 1.807) is 18.9 Å². The molecule has 0 fully saturated rings. The van der Waals surface area contributed by atoms with Gasteiger partial charge in [0.25, 0.3) is 0 Å². The highest BCUT2D eigenvalue weighted by Crippen LogP contribution is 2.31. The fourth-order valence-electron chi connectivity index (χ4n) is 3.47. The minimum absolute atomic E-state index is 0.0792. The average Bonchev–Trinajstić information content (AvgIpc) is 2.81. The summed E-state index contributed by atoms with van der Waals surface area (Å²) in [6.45, 7) is 5.56. The largest absolute Gasteiger partial charge is 0.497 e. The van der Waals surface area contributed by atoms with E-state index in [9.17, 15) is 9.59 Å². The summed E-state index contributed by atoms with van der Waals surface area (Å²) in [6.07, 6.45) is 0.843. The van der Waals surface area contributed by atoms with E-state index in [0.717, 1.165) is 22.6 Å². The van der Waals surface area contributed by atoms with Crippen molar-refractivity contribution in [2.24, 2.45) is 0 Å². The molecule has 2 amide bonds. The monoisotopic (exact) mass is 426 g/mol. The van der Waals surface area contributed by atoms with Crippen molar-refractivity contribution in [1.82, 2.24) is 10.2 Å². The molecule has 1 aliphatic heterocycles. The molecule has 7 nitrogen and oxygen atoms in total. The zero-order valence-corrected chi connectivity index (χ0v) is 18.3. The molecule has 0 aromatic heterocycles. The summed E-state index contributed by atoms with van der Waals surface area (Å²) >= 11 is 0. The Bertz CT molecular complexity index is 897. The van der Waals surface area contributed by atoms with E-state index in [1.807, 2.05) is 49.4 Å². The number of rotatable bonds is 9. The van der Waals surface area contributed by atoms with Crippen LogP contribution in [0.3, 0.4) is 0 Å². The number of nitrogens with zero attached hydrogens (tertiary/aromatic N) is 1. The Balaban J connectivity index is 1.70. The first-order chi connectivity index (χ1) is 15.0. The van der Waals surface area contributed by atoms with E-state index < -0.39 is 6.04 Å². The molecule has 1 aliphatic rings. The molecule has 0 radical (unpaired) electrons. The molecule has 0 saturated heterocycles. The summed E-state index contributed by atoms with van der Waals surface area (Å²) in [5, 5.41) is 2.81. The fourth-order valence-corrected chi connectivity index (χ4v) is 3.47. The Hall–Kier alpha value is -3.22. The van der Waals surface area contributed by atoms with Gasteiger partial charge in [0.2, 0.25) is 11.8 Å². The van der Waals surface area contributed by atoms with E-state index in [1.165, 1.54) is 0 Å². The lowest BCUT2D eigenvalue weighted by molar-refractivity contribution is -0.140. The maximum atomic E-state index is 13.1. The molecule has 3 rings (SSSR count). The van der Waals surface area contributed by atoms with Crippen molar-refractivity contribution in [3.05, 3.63) is 53.6 Å². The number of amides is 2. The Labute approximate surface area is 183 Å². The van der Waals surface area contributed by atoms with Crippen LogP contribution in [-0.4, -0.2) is 49.6 Å². The second-order valence-electron chi connectivity index (χ2n) is 7.42. The molecule has 0 bridgehead atoms. The molecule has 1 unspecified atom stereocenters. The first-order valence-electron chi connectivity index (χ1n) is 10.6. The number of carbonyl (C=O) groups is 2. The SMILES string of the molecule is CCNC(=O)C(C)N(Cc1ccc(OC)cc1)C(=O)CCc1ccc2c(c1)OCCO2. The maximum Gasteiger partial charge on any atom is 0.242 e. The number of methoxy groups -OCH3 is 1. The van der Waals surface area contributed by atoms with E-state index in [2.05, 4.69) is 5.32 Å². The van der Waals surface area contributed by atoms with E-state index in [0.29, 0.717) is 44.9 Å². The number of ether oxygens (including phenoxy) is 3. The van der Waals surface area contributed by atoms with Gasteiger partial charge in [-0.2, -0.15) is 0 Å². The Kier molecular flexibility index (Phi) is 7.76. The third-order valence-electron chi connectivity index (χ3n) is 5.26. The van der Waals surface area contributed by atoms with Crippen molar-refractivity contribution in [3.63, 3.8) is 0 Å². The number of hydrogen-bond acceptors (Lipinski definition) is 5. The van der Waals surface area contributed by atoms with E-state index in [-0.39, 0.29) is 11.8 Å². The Morgan fingerprint density at radius 2 is 1.74 bits per heavy atom. The molecule has 7 heteroatoms. The smallest absolute Gasteiger partial charge is 0.242 e. The van der Waals surface area contributed by atoms with Gasteiger partial charge in [0.05, 0.1) is 7.11 Å². The number of fused-ring (bicyclic) bond motifs is 1. The molecule has 2 aromatic rings. The molecule has 1 N–H and O–H groups in total. The van der Waals surface area contributed by atoms with Crippen LogP contribution in [-0.2, 0) is 22.6 Å². The molecule has 1 atom stereocenters. The summed E-state index contributed by atoms with van der Waals surface area (Å²) in [5.41, 5.74) is 1.93. The predicted octanol–water partition coefficient (Wildman–Crippen LogP) is 2.95. The summed E-state index contributed by atoms with van der Waals surface area (Å²) in [6, 6.07) is 12.7. The number of aryl methyl sites for hydroxylation is 1. The van der Waals surface area contributed by atoms with Crippen LogP contribution in [0, 0.1) is 0 Å². The highest BCUT2D eigenvalue weighted by Gasteiger charge is 2.25. The van der Waals surface area contributed by atoms with Gasteiger partial charge in [0, 0.05) is 19.5 Å². The molecule has 0 spiro atoms. The zero-order chi connectivity index (χ0) is 22.2. The van der Waals surface area contributed by atoms with Crippen LogP contribution in [0.2, 0.25) is 0 Å². The zero-order valence-electron chi connectivity index (χ0n) is 18.3. The summed E-state index contributed by atoms with van der Waals surface area (Å²) in [4.78, 5) is 27.2. The minimum Gasteiger partial charge on any atom is -0.497 e. The average molecular weight is 427 g/mol. The number of benzene rings is 2. The lowest BCUT2D eigenvalue weighted by atomic mass is 10.1. The van der Waals surface area contributed by atoms with Crippen molar-refractivity contribution in [2.45, 2.75) is 39.3 Å². The van der Waals surface area contributed by atoms with Crippen molar-refractivity contribution < 1.29 is 23.8 Å². The molecule has 1 heterocycles.